The van der Waals surface area contributed by atoms with Gasteiger partial charge in [0.2, 0.25) is 0 Å². The third-order valence-corrected chi connectivity index (χ3v) is 1.85. The summed E-state index contributed by atoms with van der Waals surface area (Å²) in [6.45, 7) is 4.41. The van der Waals surface area contributed by atoms with Crippen LogP contribution in [0.3, 0.4) is 0 Å². The molecule has 1 heteroatoms. The molecule has 0 fully saturated rings. The number of hydrogen-bond donors (Lipinski definition) is 1. The van der Waals surface area contributed by atoms with Crippen molar-refractivity contribution < 1.29 is 0 Å². The standard InChI is InChI=1S/C11H16N/c1-3-7-10(2)12-11-8-5-4-6-9-11/h5-6,8-10,12H,3,7H2,1-2H3. The largest absolute Gasteiger partial charge is 0.383 e. The van der Waals surface area contributed by atoms with E-state index in [4.69, 9.17) is 0 Å². The Bertz CT molecular complexity index is 206. The minimum Gasteiger partial charge on any atom is -0.383 e. The molecule has 12 heavy (non-hydrogen) atoms. The second-order valence-corrected chi connectivity index (χ2v) is 3.12. The molecule has 0 spiro atoms. The van der Waals surface area contributed by atoms with Crippen molar-refractivity contribution in [2.75, 3.05) is 5.32 Å². The van der Waals surface area contributed by atoms with Crippen LogP contribution in [-0.2, 0) is 0 Å². The third kappa shape index (κ3) is 2.95. The molecule has 0 heterocycles. The number of hydrogen-bond acceptors (Lipinski definition) is 1. The molecule has 1 rings (SSSR count). The van der Waals surface area contributed by atoms with Gasteiger partial charge >= 0.3 is 0 Å². The van der Waals surface area contributed by atoms with Gasteiger partial charge in [0.1, 0.15) is 0 Å². The van der Waals surface area contributed by atoms with E-state index in [1.165, 1.54) is 18.5 Å². The minimum absolute atomic E-state index is 0.567. The first-order chi connectivity index (χ1) is 5.83. The Balaban J connectivity index is 2.41. The van der Waals surface area contributed by atoms with Crippen molar-refractivity contribution in [3.63, 3.8) is 0 Å². The Hall–Kier alpha value is -0.980. The van der Waals surface area contributed by atoms with Gasteiger partial charge in [0.25, 0.3) is 0 Å². The highest BCUT2D eigenvalue weighted by Crippen LogP contribution is 2.08. The second-order valence-electron chi connectivity index (χ2n) is 3.12. The molecule has 1 unspecified atom stereocenters. The van der Waals surface area contributed by atoms with Gasteiger partial charge in [0.15, 0.2) is 0 Å². The molecule has 65 valence electrons. The van der Waals surface area contributed by atoms with Crippen molar-refractivity contribution in [3.05, 3.63) is 30.3 Å². The fraction of sp³-hybridized carbons (Fsp3) is 0.455. The van der Waals surface area contributed by atoms with Crippen LogP contribution in [0.4, 0.5) is 5.69 Å². The maximum absolute atomic E-state index is 3.42. The van der Waals surface area contributed by atoms with Crippen molar-refractivity contribution in [1.82, 2.24) is 0 Å². The van der Waals surface area contributed by atoms with Gasteiger partial charge in [-0.1, -0.05) is 25.5 Å². The predicted octanol–water partition coefficient (Wildman–Crippen LogP) is 3.09. The van der Waals surface area contributed by atoms with E-state index in [2.05, 4.69) is 25.2 Å². The molecular weight excluding hydrogens is 146 g/mol. The predicted molar refractivity (Wildman–Crippen MR) is 53.3 cm³/mol. The van der Waals surface area contributed by atoms with E-state index in [-0.39, 0.29) is 0 Å². The van der Waals surface area contributed by atoms with Crippen LogP contribution in [0.25, 0.3) is 0 Å². The van der Waals surface area contributed by atoms with Crippen molar-refractivity contribution in [2.24, 2.45) is 0 Å². The average molecular weight is 162 g/mol. The topological polar surface area (TPSA) is 12.0 Å². The lowest BCUT2D eigenvalue weighted by molar-refractivity contribution is 0.690. The summed E-state index contributed by atoms with van der Waals surface area (Å²) < 4.78 is 0. The molecule has 1 atom stereocenters. The first kappa shape index (κ1) is 9.11. The van der Waals surface area contributed by atoms with Crippen molar-refractivity contribution in [3.8, 4) is 0 Å². The van der Waals surface area contributed by atoms with Crippen LogP contribution in [-0.4, -0.2) is 6.04 Å². The molecule has 0 aliphatic carbocycles. The minimum atomic E-state index is 0.567. The summed E-state index contributed by atoms with van der Waals surface area (Å²) in [6, 6.07) is 11.5. The Morgan fingerprint density at radius 1 is 1.42 bits per heavy atom. The van der Waals surface area contributed by atoms with E-state index in [0.29, 0.717) is 6.04 Å². The first-order valence-electron chi connectivity index (χ1n) is 4.55. The third-order valence-electron chi connectivity index (χ3n) is 1.85. The zero-order chi connectivity index (χ0) is 8.81. The van der Waals surface area contributed by atoms with Gasteiger partial charge in [-0.05, 0) is 31.5 Å². The zero-order valence-electron chi connectivity index (χ0n) is 7.80. The number of nitrogens with one attached hydrogen (secondary N) is 1. The van der Waals surface area contributed by atoms with Crippen LogP contribution < -0.4 is 5.32 Å². The lowest BCUT2D eigenvalue weighted by atomic mass is 10.2. The summed E-state index contributed by atoms with van der Waals surface area (Å²) in [7, 11) is 0. The number of rotatable bonds is 4. The Morgan fingerprint density at radius 2 is 2.08 bits per heavy atom. The molecule has 0 aromatic heterocycles. The van der Waals surface area contributed by atoms with E-state index in [1.807, 2.05) is 24.3 Å². The van der Waals surface area contributed by atoms with Gasteiger partial charge < -0.3 is 5.32 Å². The first-order valence-corrected chi connectivity index (χ1v) is 4.55. The second kappa shape index (κ2) is 4.81. The Labute approximate surface area is 74.8 Å². The normalized spacial score (nSPS) is 12.5. The van der Waals surface area contributed by atoms with Gasteiger partial charge in [0, 0.05) is 11.7 Å². The highest BCUT2D eigenvalue weighted by molar-refractivity contribution is 5.42. The van der Waals surface area contributed by atoms with E-state index < -0.39 is 0 Å². The summed E-state index contributed by atoms with van der Waals surface area (Å²) in [6.07, 6.45) is 2.45. The van der Waals surface area contributed by atoms with Crippen molar-refractivity contribution in [1.29, 1.82) is 0 Å². The summed E-state index contributed by atoms with van der Waals surface area (Å²) in [4.78, 5) is 0. The van der Waals surface area contributed by atoms with E-state index in [9.17, 15) is 0 Å². The maximum atomic E-state index is 3.42. The molecule has 0 saturated heterocycles. The van der Waals surface area contributed by atoms with Crippen LogP contribution in [0.2, 0.25) is 0 Å². The van der Waals surface area contributed by atoms with Crippen molar-refractivity contribution in [2.45, 2.75) is 32.7 Å². The molecule has 1 aromatic rings. The lowest BCUT2D eigenvalue weighted by Crippen LogP contribution is -2.14. The molecule has 0 amide bonds. The van der Waals surface area contributed by atoms with E-state index >= 15 is 0 Å². The quantitative estimate of drug-likeness (QED) is 0.717. The average Bonchev–Trinajstić information content (AvgIpc) is 2.06. The van der Waals surface area contributed by atoms with Crippen LogP contribution in [0.1, 0.15) is 26.7 Å². The summed E-state index contributed by atoms with van der Waals surface area (Å²) in [5.74, 6) is 0. The van der Waals surface area contributed by atoms with Crippen molar-refractivity contribution >= 4 is 5.69 Å². The molecule has 0 bridgehead atoms. The number of benzene rings is 1. The summed E-state index contributed by atoms with van der Waals surface area (Å²) in [5, 5.41) is 3.42. The van der Waals surface area contributed by atoms with Gasteiger partial charge in [-0.2, -0.15) is 0 Å². The van der Waals surface area contributed by atoms with Gasteiger partial charge in [0.05, 0.1) is 0 Å². The fourth-order valence-electron chi connectivity index (χ4n) is 1.27. The molecule has 0 saturated carbocycles. The molecule has 1 aromatic carbocycles. The Kier molecular flexibility index (Phi) is 3.65. The number of anilines is 1. The monoisotopic (exact) mass is 162 g/mol. The van der Waals surface area contributed by atoms with Crippen LogP contribution >= 0.6 is 0 Å². The van der Waals surface area contributed by atoms with E-state index in [1.54, 1.807) is 0 Å². The van der Waals surface area contributed by atoms with Gasteiger partial charge in [-0.3, -0.25) is 0 Å². The SMILES string of the molecule is CCCC(C)Nc1cc[c]cc1. The lowest BCUT2D eigenvalue weighted by Gasteiger charge is -2.13. The molecular formula is C11H16N. The molecule has 0 aliphatic rings. The van der Waals surface area contributed by atoms with Crippen LogP contribution in [0.5, 0.6) is 0 Å². The zero-order valence-corrected chi connectivity index (χ0v) is 7.80. The maximum Gasteiger partial charge on any atom is 0.0342 e. The smallest absolute Gasteiger partial charge is 0.0342 e. The Morgan fingerprint density at radius 3 is 2.67 bits per heavy atom. The van der Waals surface area contributed by atoms with Crippen LogP contribution in [0, 0.1) is 6.07 Å². The van der Waals surface area contributed by atoms with E-state index in [0.717, 1.165) is 0 Å². The summed E-state index contributed by atoms with van der Waals surface area (Å²) >= 11 is 0. The van der Waals surface area contributed by atoms with Crippen LogP contribution in [0.15, 0.2) is 24.3 Å². The van der Waals surface area contributed by atoms with Gasteiger partial charge in [-0.15, -0.1) is 0 Å². The van der Waals surface area contributed by atoms with Gasteiger partial charge in [-0.25, -0.2) is 0 Å². The molecule has 1 nitrogen and oxygen atoms in total. The molecule has 1 radical (unpaired) electrons. The molecule has 1 N–H and O–H groups in total. The summed E-state index contributed by atoms with van der Waals surface area (Å²) in [5.41, 5.74) is 1.19. The fourth-order valence-corrected chi connectivity index (χ4v) is 1.27. The highest BCUT2D eigenvalue weighted by Gasteiger charge is 1.98. The molecule has 0 aliphatic heterocycles. The highest BCUT2D eigenvalue weighted by atomic mass is 14.9.